The smallest absolute Gasteiger partial charge is 0.0992 e. The minimum Gasteiger partial charge on any atom is -0.391 e. The van der Waals surface area contributed by atoms with Crippen LogP contribution in [0.25, 0.3) is 0 Å². The molecular weight excluding hydrogens is 252 g/mol. The molecule has 3 unspecified atom stereocenters. The third-order valence-corrected chi connectivity index (χ3v) is 4.18. The predicted octanol–water partition coefficient (Wildman–Crippen LogP) is 2.35. The van der Waals surface area contributed by atoms with Crippen molar-refractivity contribution in [3.05, 3.63) is 29.3 Å². The van der Waals surface area contributed by atoms with Gasteiger partial charge in [-0.2, -0.15) is 5.26 Å². The Bertz CT molecular complexity index is 508. The molecule has 2 rings (SSSR count). The molecule has 1 saturated carbocycles. The first-order valence-electron chi connectivity index (χ1n) is 7.17. The van der Waals surface area contributed by atoms with Crippen molar-refractivity contribution in [3.63, 3.8) is 0 Å². The third-order valence-electron chi connectivity index (χ3n) is 4.18. The van der Waals surface area contributed by atoms with Gasteiger partial charge in [-0.05, 0) is 31.9 Å². The predicted molar refractivity (Wildman–Crippen MR) is 78.5 cm³/mol. The number of nitrogens with zero attached hydrogens (tertiary/aromatic N) is 2. The standard InChI is InChI=1S/C16H22N2O2/c1-11(19)13-8-7-12(10-17)9-15(13)18(2)14-5-3-4-6-16(14)20/h7-9,11,14,16,19-20H,3-6H2,1-2H3. The molecule has 4 nitrogen and oxygen atoms in total. The molecule has 1 aromatic rings. The zero-order chi connectivity index (χ0) is 14.7. The monoisotopic (exact) mass is 274 g/mol. The Morgan fingerprint density at radius 1 is 1.35 bits per heavy atom. The van der Waals surface area contributed by atoms with Crippen LogP contribution in [0.1, 0.15) is 49.8 Å². The Morgan fingerprint density at radius 2 is 2.05 bits per heavy atom. The van der Waals surface area contributed by atoms with Crippen LogP contribution in [-0.2, 0) is 0 Å². The van der Waals surface area contributed by atoms with Crippen LogP contribution in [0.5, 0.6) is 0 Å². The van der Waals surface area contributed by atoms with E-state index < -0.39 is 6.10 Å². The molecule has 3 atom stereocenters. The minimum absolute atomic E-state index is 0.0511. The fourth-order valence-electron chi connectivity index (χ4n) is 2.99. The van der Waals surface area contributed by atoms with Crippen molar-refractivity contribution in [1.82, 2.24) is 0 Å². The first-order valence-corrected chi connectivity index (χ1v) is 7.17. The molecule has 0 bridgehead atoms. The van der Waals surface area contributed by atoms with Crippen molar-refractivity contribution in [2.75, 3.05) is 11.9 Å². The zero-order valence-corrected chi connectivity index (χ0v) is 12.1. The van der Waals surface area contributed by atoms with E-state index in [0.29, 0.717) is 5.56 Å². The van der Waals surface area contributed by atoms with Gasteiger partial charge in [0.05, 0.1) is 29.9 Å². The van der Waals surface area contributed by atoms with Crippen LogP contribution in [-0.4, -0.2) is 29.4 Å². The van der Waals surface area contributed by atoms with E-state index >= 15 is 0 Å². The van der Waals surface area contributed by atoms with E-state index in [9.17, 15) is 10.2 Å². The molecule has 0 amide bonds. The number of likely N-dealkylation sites (N-methyl/N-ethyl adjacent to an activating group) is 1. The van der Waals surface area contributed by atoms with Gasteiger partial charge in [-0.1, -0.05) is 18.9 Å². The van der Waals surface area contributed by atoms with Crippen LogP contribution in [0.3, 0.4) is 0 Å². The Balaban J connectivity index is 2.36. The Kier molecular flexibility index (Phi) is 4.64. The van der Waals surface area contributed by atoms with E-state index in [4.69, 9.17) is 5.26 Å². The number of anilines is 1. The van der Waals surface area contributed by atoms with E-state index in [-0.39, 0.29) is 12.1 Å². The second kappa shape index (κ2) is 6.25. The van der Waals surface area contributed by atoms with Gasteiger partial charge in [0.15, 0.2) is 0 Å². The third kappa shape index (κ3) is 2.95. The average Bonchev–Trinajstić information content (AvgIpc) is 2.46. The fourth-order valence-corrected chi connectivity index (χ4v) is 2.99. The maximum Gasteiger partial charge on any atom is 0.0992 e. The lowest BCUT2D eigenvalue weighted by Crippen LogP contribution is -2.43. The average molecular weight is 274 g/mol. The summed E-state index contributed by atoms with van der Waals surface area (Å²) in [6.45, 7) is 1.72. The van der Waals surface area contributed by atoms with Crippen molar-refractivity contribution in [2.24, 2.45) is 0 Å². The number of aliphatic hydroxyl groups is 2. The van der Waals surface area contributed by atoms with Gasteiger partial charge in [-0.25, -0.2) is 0 Å². The lowest BCUT2D eigenvalue weighted by atomic mass is 9.90. The molecule has 0 radical (unpaired) electrons. The molecule has 20 heavy (non-hydrogen) atoms. The molecule has 1 aliphatic carbocycles. The van der Waals surface area contributed by atoms with Crippen molar-refractivity contribution < 1.29 is 10.2 Å². The van der Waals surface area contributed by atoms with Gasteiger partial charge >= 0.3 is 0 Å². The number of hydrogen-bond donors (Lipinski definition) is 2. The Labute approximate surface area is 120 Å². The molecule has 0 saturated heterocycles. The minimum atomic E-state index is -0.596. The fraction of sp³-hybridized carbons (Fsp3) is 0.562. The highest BCUT2D eigenvalue weighted by Gasteiger charge is 2.28. The summed E-state index contributed by atoms with van der Waals surface area (Å²) >= 11 is 0. The summed E-state index contributed by atoms with van der Waals surface area (Å²) in [5, 5.41) is 29.2. The van der Waals surface area contributed by atoms with Gasteiger partial charge in [-0.15, -0.1) is 0 Å². The number of benzene rings is 1. The molecule has 108 valence electrons. The van der Waals surface area contributed by atoms with E-state index in [1.54, 1.807) is 25.1 Å². The largest absolute Gasteiger partial charge is 0.391 e. The maximum absolute atomic E-state index is 10.2. The molecule has 0 aromatic heterocycles. The summed E-state index contributed by atoms with van der Waals surface area (Å²) in [6, 6.07) is 7.49. The van der Waals surface area contributed by atoms with Crippen LogP contribution >= 0.6 is 0 Å². The summed E-state index contributed by atoms with van der Waals surface area (Å²) < 4.78 is 0. The normalized spacial score (nSPS) is 23.9. The highest BCUT2D eigenvalue weighted by molar-refractivity contribution is 5.59. The summed E-state index contributed by atoms with van der Waals surface area (Å²) in [4.78, 5) is 2.02. The van der Waals surface area contributed by atoms with Gasteiger partial charge in [0.2, 0.25) is 0 Å². The summed E-state index contributed by atoms with van der Waals surface area (Å²) in [6.07, 6.45) is 2.98. The molecule has 1 aromatic carbocycles. The maximum atomic E-state index is 10.2. The molecule has 0 spiro atoms. The van der Waals surface area contributed by atoms with Crippen LogP contribution in [0, 0.1) is 11.3 Å². The lowest BCUT2D eigenvalue weighted by Gasteiger charge is -2.38. The van der Waals surface area contributed by atoms with E-state index in [2.05, 4.69) is 6.07 Å². The van der Waals surface area contributed by atoms with Gasteiger partial charge in [0, 0.05) is 18.3 Å². The van der Waals surface area contributed by atoms with Gasteiger partial charge < -0.3 is 15.1 Å². The molecule has 4 heteroatoms. The Morgan fingerprint density at radius 3 is 2.65 bits per heavy atom. The summed E-state index contributed by atoms with van der Waals surface area (Å²) in [5.41, 5.74) is 2.20. The van der Waals surface area contributed by atoms with Crippen molar-refractivity contribution in [2.45, 2.75) is 50.9 Å². The quantitative estimate of drug-likeness (QED) is 0.888. The summed E-state index contributed by atoms with van der Waals surface area (Å²) in [5.74, 6) is 0. The topological polar surface area (TPSA) is 67.5 Å². The lowest BCUT2D eigenvalue weighted by molar-refractivity contribution is 0.106. The van der Waals surface area contributed by atoms with Crippen LogP contribution < -0.4 is 4.90 Å². The number of hydrogen-bond acceptors (Lipinski definition) is 4. The first kappa shape index (κ1) is 14.8. The van der Waals surface area contributed by atoms with Gasteiger partial charge in [0.25, 0.3) is 0 Å². The van der Waals surface area contributed by atoms with Crippen LogP contribution in [0.15, 0.2) is 18.2 Å². The second-order valence-corrected chi connectivity index (χ2v) is 5.59. The molecule has 1 fully saturated rings. The molecule has 1 aliphatic rings. The summed E-state index contributed by atoms with van der Waals surface area (Å²) in [7, 11) is 1.93. The number of aliphatic hydroxyl groups excluding tert-OH is 2. The SMILES string of the molecule is CC(O)c1ccc(C#N)cc1N(C)C1CCCCC1O. The van der Waals surface area contributed by atoms with Crippen molar-refractivity contribution in [1.29, 1.82) is 5.26 Å². The van der Waals surface area contributed by atoms with Gasteiger partial charge in [0.1, 0.15) is 0 Å². The molecule has 0 aliphatic heterocycles. The molecular formula is C16H22N2O2. The zero-order valence-electron chi connectivity index (χ0n) is 12.1. The van der Waals surface area contributed by atoms with E-state index in [1.165, 1.54) is 0 Å². The van der Waals surface area contributed by atoms with Crippen LogP contribution in [0.2, 0.25) is 0 Å². The van der Waals surface area contributed by atoms with Crippen LogP contribution in [0.4, 0.5) is 5.69 Å². The van der Waals surface area contributed by atoms with Gasteiger partial charge in [-0.3, -0.25) is 0 Å². The second-order valence-electron chi connectivity index (χ2n) is 5.59. The number of nitriles is 1. The van der Waals surface area contributed by atoms with E-state index in [1.807, 2.05) is 11.9 Å². The highest BCUT2D eigenvalue weighted by atomic mass is 16.3. The van der Waals surface area contributed by atoms with E-state index in [0.717, 1.165) is 36.9 Å². The molecule has 2 N–H and O–H groups in total. The highest BCUT2D eigenvalue weighted by Crippen LogP contribution is 2.32. The molecule has 0 heterocycles. The van der Waals surface area contributed by atoms with Crippen molar-refractivity contribution in [3.8, 4) is 6.07 Å². The van der Waals surface area contributed by atoms with Crippen molar-refractivity contribution >= 4 is 5.69 Å². The first-order chi connectivity index (χ1) is 9.54. The Hall–Kier alpha value is -1.57. The number of rotatable bonds is 3.